The lowest BCUT2D eigenvalue weighted by Crippen LogP contribution is -2.24. The number of rotatable bonds is 4. The van der Waals surface area contributed by atoms with Crippen LogP contribution in [0.2, 0.25) is 0 Å². The smallest absolute Gasteiger partial charge is 0.252 e. The minimum Gasteiger partial charge on any atom is -0.472 e. The number of nitrogens with one attached hydrogen (secondary N) is 1. The van der Waals surface area contributed by atoms with Crippen molar-refractivity contribution in [3.63, 3.8) is 0 Å². The van der Waals surface area contributed by atoms with E-state index < -0.39 is 11.6 Å². The first-order valence-electron chi connectivity index (χ1n) is 6.86. The van der Waals surface area contributed by atoms with Crippen LogP contribution in [0.5, 0.6) is 5.88 Å². The molecule has 5 heteroatoms. The molecule has 0 aromatic carbocycles. The summed E-state index contributed by atoms with van der Waals surface area (Å²) >= 11 is 0. The maximum atomic E-state index is 13.6. The molecule has 1 aliphatic rings. The van der Waals surface area contributed by atoms with Gasteiger partial charge in [-0.2, -0.15) is 4.98 Å². The lowest BCUT2D eigenvalue weighted by molar-refractivity contribution is 0.124. The number of anilines is 1. The quantitative estimate of drug-likeness (QED) is 0.904. The number of hydrogen-bond donors (Lipinski definition) is 1. The van der Waals surface area contributed by atoms with Crippen molar-refractivity contribution in [2.24, 2.45) is 5.92 Å². The summed E-state index contributed by atoms with van der Waals surface area (Å²) in [5, 5.41) is 2.75. The lowest BCUT2D eigenvalue weighted by atomic mass is 9.89. The first kappa shape index (κ1) is 14.0. The van der Waals surface area contributed by atoms with Crippen LogP contribution in [0.25, 0.3) is 0 Å². The zero-order valence-electron chi connectivity index (χ0n) is 11.4. The summed E-state index contributed by atoms with van der Waals surface area (Å²) in [4.78, 5) is 3.89. The minimum absolute atomic E-state index is 0.0156. The molecule has 1 aromatic heterocycles. The highest BCUT2D eigenvalue weighted by Gasteiger charge is 2.22. The molecule has 3 nitrogen and oxygen atoms in total. The number of nitrogens with zero attached hydrogens (tertiary/aromatic N) is 1. The molecule has 0 saturated heterocycles. The number of halogens is 2. The van der Waals surface area contributed by atoms with Crippen LogP contribution in [0.4, 0.5) is 14.6 Å². The zero-order chi connectivity index (χ0) is 13.8. The molecule has 1 fully saturated rings. The molecule has 0 atom stereocenters. The Kier molecular flexibility index (Phi) is 4.56. The maximum absolute atomic E-state index is 13.6. The summed E-state index contributed by atoms with van der Waals surface area (Å²) in [6.45, 7) is 4.56. The summed E-state index contributed by atoms with van der Waals surface area (Å²) in [5.74, 6) is -0.787. The second-order valence-electron chi connectivity index (χ2n) is 5.14. The van der Waals surface area contributed by atoms with Gasteiger partial charge in [0.15, 0.2) is 17.5 Å². The van der Waals surface area contributed by atoms with E-state index in [1.807, 2.05) is 6.92 Å². The second kappa shape index (κ2) is 6.17. The maximum Gasteiger partial charge on any atom is 0.252 e. The first-order valence-corrected chi connectivity index (χ1v) is 6.86. The number of ether oxygens (including phenoxy) is 1. The van der Waals surface area contributed by atoms with Crippen LogP contribution in [-0.4, -0.2) is 17.6 Å². The highest BCUT2D eigenvalue weighted by Crippen LogP contribution is 2.28. The van der Waals surface area contributed by atoms with Gasteiger partial charge in [0.1, 0.15) is 6.10 Å². The molecule has 0 spiro atoms. The van der Waals surface area contributed by atoms with Gasteiger partial charge in [0.05, 0.1) is 0 Å². The van der Waals surface area contributed by atoms with Crippen molar-refractivity contribution in [1.29, 1.82) is 0 Å². The summed E-state index contributed by atoms with van der Waals surface area (Å²) < 4.78 is 32.7. The Labute approximate surface area is 112 Å². The van der Waals surface area contributed by atoms with Crippen LogP contribution < -0.4 is 10.1 Å². The molecule has 0 unspecified atom stereocenters. The molecule has 2 rings (SSSR count). The van der Waals surface area contributed by atoms with E-state index in [0.29, 0.717) is 12.5 Å². The van der Waals surface area contributed by atoms with Crippen LogP contribution in [0, 0.1) is 17.6 Å². The highest BCUT2D eigenvalue weighted by molar-refractivity contribution is 5.39. The van der Waals surface area contributed by atoms with Crippen molar-refractivity contribution in [2.75, 3.05) is 11.9 Å². The van der Waals surface area contributed by atoms with Crippen molar-refractivity contribution < 1.29 is 13.5 Å². The third-order valence-corrected chi connectivity index (χ3v) is 3.48. The van der Waals surface area contributed by atoms with Crippen LogP contribution in [0.1, 0.15) is 39.5 Å². The molecule has 1 aromatic rings. The molecule has 1 aliphatic carbocycles. The van der Waals surface area contributed by atoms with Gasteiger partial charge >= 0.3 is 0 Å². The van der Waals surface area contributed by atoms with Gasteiger partial charge in [0.2, 0.25) is 0 Å². The van der Waals surface area contributed by atoms with E-state index in [9.17, 15) is 8.78 Å². The van der Waals surface area contributed by atoms with E-state index in [1.165, 1.54) is 0 Å². The van der Waals surface area contributed by atoms with E-state index in [1.54, 1.807) is 0 Å². The first-order chi connectivity index (χ1) is 9.10. The number of pyridine rings is 1. The Bertz CT molecular complexity index is 432. The largest absolute Gasteiger partial charge is 0.472 e. The third-order valence-electron chi connectivity index (χ3n) is 3.48. The summed E-state index contributed by atoms with van der Waals surface area (Å²) in [6, 6.07) is 0.825. The van der Waals surface area contributed by atoms with Gasteiger partial charge in [-0.15, -0.1) is 0 Å². The molecule has 0 bridgehead atoms. The van der Waals surface area contributed by atoms with E-state index in [-0.39, 0.29) is 17.8 Å². The second-order valence-corrected chi connectivity index (χ2v) is 5.14. The molecule has 106 valence electrons. The van der Waals surface area contributed by atoms with Gasteiger partial charge in [0.25, 0.3) is 5.88 Å². The van der Waals surface area contributed by atoms with E-state index >= 15 is 0 Å². The Balaban J connectivity index is 2.08. The fraction of sp³-hybridized carbons (Fsp3) is 0.643. The molecular formula is C14H20F2N2O. The molecule has 1 saturated carbocycles. The lowest BCUT2D eigenvalue weighted by Gasteiger charge is -2.26. The van der Waals surface area contributed by atoms with Crippen molar-refractivity contribution in [1.82, 2.24) is 4.98 Å². The monoisotopic (exact) mass is 270 g/mol. The van der Waals surface area contributed by atoms with Gasteiger partial charge in [-0.25, -0.2) is 8.78 Å². The van der Waals surface area contributed by atoms with Crippen molar-refractivity contribution >= 4 is 5.82 Å². The summed E-state index contributed by atoms with van der Waals surface area (Å²) in [7, 11) is 0. The minimum atomic E-state index is -0.738. The molecule has 0 amide bonds. The SMILES string of the molecule is CCNc1nc(OC2CCC(C)CC2)c(F)cc1F. The molecule has 0 radical (unpaired) electrons. The summed E-state index contributed by atoms with van der Waals surface area (Å²) in [5.41, 5.74) is 0. The van der Waals surface area contributed by atoms with Crippen molar-refractivity contribution in [3.05, 3.63) is 17.7 Å². The van der Waals surface area contributed by atoms with E-state index in [2.05, 4.69) is 17.2 Å². The molecule has 1 N–H and O–H groups in total. The normalized spacial score (nSPS) is 23.2. The highest BCUT2D eigenvalue weighted by atomic mass is 19.1. The predicted molar refractivity (Wildman–Crippen MR) is 70.4 cm³/mol. The van der Waals surface area contributed by atoms with E-state index in [0.717, 1.165) is 31.7 Å². The Morgan fingerprint density at radius 1 is 1.26 bits per heavy atom. The molecule has 0 aliphatic heterocycles. The van der Waals surface area contributed by atoms with E-state index in [4.69, 9.17) is 4.74 Å². The fourth-order valence-electron chi connectivity index (χ4n) is 2.33. The van der Waals surface area contributed by atoms with Crippen molar-refractivity contribution in [3.8, 4) is 5.88 Å². The number of hydrogen-bond acceptors (Lipinski definition) is 3. The van der Waals surface area contributed by atoms with Gasteiger partial charge in [0, 0.05) is 12.6 Å². The van der Waals surface area contributed by atoms with Crippen LogP contribution in [0.15, 0.2) is 6.07 Å². The predicted octanol–water partition coefficient (Wildman–Crippen LogP) is 3.75. The van der Waals surface area contributed by atoms with Gasteiger partial charge in [-0.05, 0) is 38.5 Å². The topological polar surface area (TPSA) is 34.2 Å². The van der Waals surface area contributed by atoms with Gasteiger partial charge < -0.3 is 10.1 Å². The molecule has 19 heavy (non-hydrogen) atoms. The standard InChI is InChI=1S/C14H20F2N2O/c1-3-17-13-11(15)8-12(16)14(18-13)19-10-6-4-9(2)5-7-10/h8-10H,3-7H2,1-2H3,(H,17,18). The van der Waals surface area contributed by atoms with Gasteiger partial charge in [-0.3, -0.25) is 0 Å². The fourth-order valence-corrected chi connectivity index (χ4v) is 2.33. The number of aromatic nitrogens is 1. The van der Waals surface area contributed by atoms with Gasteiger partial charge in [-0.1, -0.05) is 6.92 Å². The van der Waals surface area contributed by atoms with Crippen molar-refractivity contribution in [2.45, 2.75) is 45.6 Å². The third kappa shape index (κ3) is 3.55. The van der Waals surface area contributed by atoms with Crippen LogP contribution >= 0.6 is 0 Å². The average Bonchev–Trinajstić information content (AvgIpc) is 2.38. The molecule has 1 heterocycles. The average molecular weight is 270 g/mol. The Hall–Kier alpha value is -1.39. The summed E-state index contributed by atoms with van der Waals surface area (Å²) in [6.07, 6.45) is 3.94. The zero-order valence-corrected chi connectivity index (χ0v) is 11.4. The Morgan fingerprint density at radius 3 is 2.58 bits per heavy atom. The molecular weight excluding hydrogens is 250 g/mol. The van der Waals surface area contributed by atoms with Crippen LogP contribution in [0.3, 0.4) is 0 Å². The Morgan fingerprint density at radius 2 is 1.95 bits per heavy atom. The van der Waals surface area contributed by atoms with Crippen LogP contribution in [-0.2, 0) is 0 Å².